The standard InChI is InChI=1S/C22H36N2O3/c1-6-23(7-2)15-16-24(17-19(4)22(26)27-5)21(25)10-8-9-20-13-11-18(3)12-14-20/h11-14,19H,6-10,15-17H2,1-5H3. The van der Waals surface area contributed by atoms with Gasteiger partial charge in [-0.15, -0.1) is 0 Å². The fourth-order valence-electron chi connectivity index (χ4n) is 3.08. The Kier molecular flexibility index (Phi) is 10.7. The van der Waals surface area contributed by atoms with E-state index >= 15 is 0 Å². The monoisotopic (exact) mass is 376 g/mol. The van der Waals surface area contributed by atoms with Crippen LogP contribution in [0.2, 0.25) is 0 Å². The van der Waals surface area contributed by atoms with E-state index in [2.05, 4.69) is 49.9 Å². The summed E-state index contributed by atoms with van der Waals surface area (Å²) in [5, 5.41) is 0. The van der Waals surface area contributed by atoms with Crippen LogP contribution in [0.5, 0.6) is 0 Å². The number of aryl methyl sites for hydroxylation is 2. The van der Waals surface area contributed by atoms with Crippen molar-refractivity contribution in [2.24, 2.45) is 5.92 Å². The van der Waals surface area contributed by atoms with Crippen molar-refractivity contribution >= 4 is 11.9 Å². The molecule has 1 aromatic carbocycles. The molecule has 0 radical (unpaired) electrons. The minimum atomic E-state index is -0.312. The van der Waals surface area contributed by atoms with Crippen LogP contribution in [0.4, 0.5) is 0 Å². The highest BCUT2D eigenvalue weighted by molar-refractivity contribution is 5.78. The van der Waals surface area contributed by atoms with E-state index in [4.69, 9.17) is 4.74 Å². The van der Waals surface area contributed by atoms with Crippen molar-refractivity contribution in [2.75, 3.05) is 39.8 Å². The fourth-order valence-corrected chi connectivity index (χ4v) is 3.08. The third kappa shape index (κ3) is 8.57. The van der Waals surface area contributed by atoms with Gasteiger partial charge in [-0.1, -0.05) is 50.6 Å². The number of rotatable bonds is 12. The number of carbonyl (C=O) groups excluding carboxylic acids is 2. The summed E-state index contributed by atoms with van der Waals surface area (Å²) in [4.78, 5) is 28.7. The summed E-state index contributed by atoms with van der Waals surface area (Å²) in [6.07, 6.45) is 2.21. The van der Waals surface area contributed by atoms with Crippen molar-refractivity contribution in [2.45, 2.75) is 47.0 Å². The van der Waals surface area contributed by atoms with E-state index in [1.54, 1.807) is 0 Å². The van der Waals surface area contributed by atoms with Gasteiger partial charge in [-0.05, 0) is 38.4 Å². The molecule has 1 aromatic rings. The molecule has 0 aliphatic rings. The number of methoxy groups -OCH3 is 1. The molecule has 1 atom stereocenters. The van der Waals surface area contributed by atoms with E-state index in [0.29, 0.717) is 19.5 Å². The Labute approximate surface area is 164 Å². The topological polar surface area (TPSA) is 49.9 Å². The van der Waals surface area contributed by atoms with Crippen molar-refractivity contribution in [1.82, 2.24) is 9.80 Å². The van der Waals surface area contributed by atoms with Gasteiger partial charge in [-0.3, -0.25) is 9.59 Å². The summed E-state index contributed by atoms with van der Waals surface area (Å²) < 4.78 is 4.82. The Morgan fingerprint density at radius 3 is 2.26 bits per heavy atom. The molecule has 0 saturated carbocycles. The normalized spacial score (nSPS) is 12.1. The zero-order valence-electron chi connectivity index (χ0n) is 17.7. The van der Waals surface area contributed by atoms with Gasteiger partial charge in [0.25, 0.3) is 0 Å². The first kappa shape index (κ1) is 23.2. The highest BCUT2D eigenvalue weighted by Gasteiger charge is 2.21. The van der Waals surface area contributed by atoms with Crippen LogP contribution in [0.3, 0.4) is 0 Å². The molecule has 0 saturated heterocycles. The van der Waals surface area contributed by atoms with Gasteiger partial charge in [0.1, 0.15) is 0 Å². The first-order valence-electron chi connectivity index (χ1n) is 10.0. The minimum absolute atomic E-state index is 0.116. The van der Waals surface area contributed by atoms with Crippen LogP contribution in [0, 0.1) is 12.8 Å². The van der Waals surface area contributed by atoms with E-state index < -0.39 is 0 Å². The molecule has 0 spiro atoms. The minimum Gasteiger partial charge on any atom is -0.469 e. The molecule has 5 nitrogen and oxygen atoms in total. The third-order valence-electron chi connectivity index (χ3n) is 5.01. The lowest BCUT2D eigenvalue weighted by molar-refractivity contribution is -0.146. The molecule has 5 heteroatoms. The van der Waals surface area contributed by atoms with Crippen molar-refractivity contribution in [3.8, 4) is 0 Å². The van der Waals surface area contributed by atoms with E-state index in [1.807, 2.05) is 11.8 Å². The summed E-state index contributed by atoms with van der Waals surface area (Å²) in [7, 11) is 1.39. The summed E-state index contributed by atoms with van der Waals surface area (Å²) in [5.74, 6) is -0.465. The number of ether oxygens (including phenoxy) is 1. The van der Waals surface area contributed by atoms with Crippen molar-refractivity contribution < 1.29 is 14.3 Å². The van der Waals surface area contributed by atoms with Crippen LogP contribution < -0.4 is 0 Å². The van der Waals surface area contributed by atoms with Gasteiger partial charge in [-0.2, -0.15) is 0 Å². The van der Waals surface area contributed by atoms with E-state index in [0.717, 1.165) is 32.5 Å². The summed E-state index contributed by atoms with van der Waals surface area (Å²) in [6, 6.07) is 8.45. The van der Waals surface area contributed by atoms with Crippen LogP contribution >= 0.6 is 0 Å². The molecule has 1 rings (SSSR count). The summed E-state index contributed by atoms with van der Waals surface area (Å²) in [5.41, 5.74) is 2.50. The molecule has 0 bridgehead atoms. The summed E-state index contributed by atoms with van der Waals surface area (Å²) >= 11 is 0. The molecule has 0 aliphatic heterocycles. The number of esters is 1. The number of likely N-dealkylation sites (N-methyl/N-ethyl adjacent to an activating group) is 1. The van der Waals surface area contributed by atoms with Gasteiger partial charge in [0.15, 0.2) is 0 Å². The Bertz CT molecular complexity index is 567. The maximum Gasteiger partial charge on any atom is 0.310 e. The molecular formula is C22H36N2O3. The second kappa shape index (κ2) is 12.5. The summed E-state index contributed by atoms with van der Waals surface area (Å²) in [6.45, 7) is 11.9. The van der Waals surface area contributed by atoms with Crippen LogP contribution in [0.1, 0.15) is 44.7 Å². The Hall–Kier alpha value is -1.88. The second-order valence-corrected chi connectivity index (χ2v) is 7.13. The average molecular weight is 377 g/mol. The van der Waals surface area contributed by atoms with Crippen LogP contribution in [-0.2, 0) is 20.7 Å². The lowest BCUT2D eigenvalue weighted by Crippen LogP contribution is -2.42. The number of hydrogen-bond donors (Lipinski definition) is 0. The van der Waals surface area contributed by atoms with Crippen molar-refractivity contribution in [3.05, 3.63) is 35.4 Å². The molecule has 0 heterocycles. The number of amides is 1. The molecule has 1 unspecified atom stereocenters. The van der Waals surface area contributed by atoms with E-state index in [-0.39, 0.29) is 17.8 Å². The van der Waals surface area contributed by atoms with Crippen LogP contribution in [0.25, 0.3) is 0 Å². The van der Waals surface area contributed by atoms with E-state index in [9.17, 15) is 9.59 Å². The van der Waals surface area contributed by atoms with Crippen LogP contribution in [0.15, 0.2) is 24.3 Å². The van der Waals surface area contributed by atoms with Gasteiger partial charge in [-0.25, -0.2) is 0 Å². The molecule has 0 fully saturated rings. The van der Waals surface area contributed by atoms with Crippen LogP contribution in [-0.4, -0.2) is 61.5 Å². The lowest BCUT2D eigenvalue weighted by atomic mass is 10.1. The largest absolute Gasteiger partial charge is 0.469 e. The zero-order chi connectivity index (χ0) is 20.2. The van der Waals surface area contributed by atoms with Gasteiger partial charge in [0, 0.05) is 26.1 Å². The molecule has 0 aromatic heterocycles. The van der Waals surface area contributed by atoms with Gasteiger partial charge >= 0.3 is 5.97 Å². The van der Waals surface area contributed by atoms with E-state index in [1.165, 1.54) is 18.2 Å². The predicted molar refractivity (Wildman–Crippen MR) is 110 cm³/mol. The number of carbonyl (C=O) groups is 2. The number of nitrogens with zero attached hydrogens (tertiary/aromatic N) is 2. The molecule has 152 valence electrons. The second-order valence-electron chi connectivity index (χ2n) is 7.13. The smallest absolute Gasteiger partial charge is 0.310 e. The predicted octanol–water partition coefficient (Wildman–Crippen LogP) is 3.30. The Balaban J connectivity index is 2.61. The third-order valence-corrected chi connectivity index (χ3v) is 5.01. The first-order valence-corrected chi connectivity index (χ1v) is 10.0. The Morgan fingerprint density at radius 2 is 1.70 bits per heavy atom. The molecule has 1 amide bonds. The quantitative estimate of drug-likeness (QED) is 0.525. The number of benzene rings is 1. The molecule has 0 aliphatic carbocycles. The SMILES string of the molecule is CCN(CC)CCN(CC(C)C(=O)OC)C(=O)CCCc1ccc(C)cc1. The Morgan fingerprint density at radius 1 is 1.07 bits per heavy atom. The lowest BCUT2D eigenvalue weighted by Gasteiger charge is -2.28. The van der Waals surface area contributed by atoms with Gasteiger partial charge in [0.2, 0.25) is 5.91 Å². The first-order chi connectivity index (χ1) is 12.9. The number of hydrogen-bond acceptors (Lipinski definition) is 4. The maximum atomic E-state index is 12.8. The maximum absolute atomic E-state index is 12.8. The fraction of sp³-hybridized carbons (Fsp3) is 0.636. The highest BCUT2D eigenvalue weighted by Crippen LogP contribution is 2.10. The zero-order valence-corrected chi connectivity index (χ0v) is 17.7. The molecule has 27 heavy (non-hydrogen) atoms. The average Bonchev–Trinajstić information content (AvgIpc) is 2.68. The van der Waals surface area contributed by atoms with Crippen molar-refractivity contribution in [1.29, 1.82) is 0 Å². The van der Waals surface area contributed by atoms with Gasteiger partial charge in [0.05, 0.1) is 13.0 Å². The molecule has 0 N–H and O–H groups in total. The highest BCUT2D eigenvalue weighted by atomic mass is 16.5. The van der Waals surface area contributed by atoms with Gasteiger partial charge < -0.3 is 14.5 Å². The van der Waals surface area contributed by atoms with Crippen molar-refractivity contribution in [3.63, 3.8) is 0 Å². The molecular weight excluding hydrogens is 340 g/mol.